The molecule has 0 N–H and O–H groups in total. The van der Waals surface area contributed by atoms with Gasteiger partial charge in [0.05, 0.1) is 4.47 Å². The van der Waals surface area contributed by atoms with Crippen molar-refractivity contribution in [3.05, 3.63) is 19.2 Å². The fraction of sp³-hybridized carbons (Fsp3) is 0.444. The first kappa shape index (κ1) is 12.2. The predicted octanol–water partition coefficient (Wildman–Crippen LogP) is 3.76. The zero-order chi connectivity index (χ0) is 10.7. The molecule has 0 saturated carbocycles. The van der Waals surface area contributed by atoms with Crippen LogP contribution in [-0.2, 0) is 0 Å². The van der Waals surface area contributed by atoms with Gasteiger partial charge in [0, 0.05) is 22.9 Å². The van der Waals surface area contributed by atoms with E-state index in [2.05, 4.69) is 31.9 Å². The van der Waals surface area contributed by atoms with E-state index in [1.54, 1.807) is 0 Å². The summed E-state index contributed by atoms with van der Waals surface area (Å²) < 4.78 is 1.80. The van der Waals surface area contributed by atoms with Gasteiger partial charge in [0.25, 0.3) is 5.91 Å². The van der Waals surface area contributed by atoms with Gasteiger partial charge in [-0.1, -0.05) is 0 Å². The van der Waals surface area contributed by atoms with Crippen LogP contribution in [0.4, 0.5) is 0 Å². The van der Waals surface area contributed by atoms with Crippen molar-refractivity contribution in [3.63, 3.8) is 0 Å². The molecule has 0 aliphatic heterocycles. The largest absolute Gasteiger partial charge is 0.338 e. The van der Waals surface area contributed by atoms with E-state index in [1.165, 1.54) is 11.3 Å². The van der Waals surface area contributed by atoms with Crippen LogP contribution < -0.4 is 0 Å². The highest BCUT2D eigenvalue weighted by atomic mass is 79.9. The van der Waals surface area contributed by atoms with E-state index >= 15 is 0 Å². The Morgan fingerprint density at radius 2 is 2.00 bits per heavy atom. The highest BCUT2D eigenvalue weighted by Gasteiger charge is 2.18. The number of hydrogen-bond donors (Lipinski definition) is 0. The fourth-order valence-electron chi connectivity index (χ4n) is 1.12. The average Bonchev–Trinajstić information content (AvgIpc) is 2.49. The summed E-state index contributed by atoms with van der Waals surface area (Å²) in [6.07, 6.45) is 0. The van der Waals surface area contributed by atoms with E-state index in [1.807, 2.05) is 24.1 Å². The second kappa shape index (κ2) is 5.28. The van der Waals surface area contributed by atoms with Crippen molar-refractivity contribution < 1.29 is 4.79 Å². The summed E-state index contributed by atoms with van der Waals surface area (Å²) in [4.78, 5) is 14.5. The third-order valence-electron chi connectivity index (χ3n) is 1.93. The SMILES string of the molecule is CCN(CC)C(=O)c1scc(Br)c1Br. The van der Waals surface area contributed by atoms with Gasteiger partial charge in [0.15, 0.2) is 0 Å². The Hall–Kier alpha value is 0.130. The van der Waals surface area contributed by atoms with Gasteiger partial charge in [0.1, 0.15) is 4.88 Å². The van der Waals surface area contributed by atoms with Crippen LogP contribution in [0.2, 0.25) is 0 Å². The van der Waals surface area contributed by atoms with Crippen molar-refractivity contribution in [2.24, 2.45) is 0 Å². The molecule has 1 aromatic rings. The number of thiophene rings is 1. The van der Waals surface area contributed by atoms with E-state index in [0.717, 1.165) is 26.9 Å². The molecule has 1 amide bonds. The standard InChI is InChI=1S/C9H11Br2NOS/c1-3-12(4-2)9(13)8-7(11)6(10)5-14-8/h5H,3-4H2,1-2H3. The second-order valence-corrected chi connectivity index (χ2v) is 5.23. The molecule has 2 nitrogen and oxygen atoms in total. The quantitative estimate of drug-likeness (QED) is 0.820. The fourth-order valence-corrected chi connectivity index (χ4v) is 3.23. The van der Waals surface area contributed by atoms with Crippen LogP contribution in [0.15, 0.2) is 14.3 Å². The lowest BCUT2D eigenvalue weighted by molar-refractivity contribution is 0.0777. The smallest absolute Gasteiger partial charge is 0.265 e. The summed E-state index contributed by atoms with van der Waals surface area (Å²) in [5, 5.41) is 1.92. The number of carbonyl (C=O) groups is 1. The Morgan fingerprint density at radius 1 is 1.43 bits per heavy atom. The number of hydrogen-bond acceptors (Lipinski definition) is 2. The zero-order valence-electron chi connectivity index (χ0n) is 8.01. The molecular weight excluding hydrogens is 330 g/mol. The van der Waals surface area contributed by atoms with Crippen LogP contribution in [-0.4, -0.2) is 23.9 Å². The number of carbonyl (C=O) groups excluding carboxylic acids is 1. The molecule has 0 atom stereocenters. The van der Waals surface area contributed by atoms with Gasteiger partial charge >= 0.3 is 0 Å². The predicted molar refractivity (Wildman–Crippen MR) is 67.0 cm³/mol. The number of rotatable bonds is 3. The third kappa shape index (κ3) is 2.38. The third-order valence-corrected chi connectivity index (χ3v) is 5.45. The Morgan fingerprint density at radius 3 is 2.36 bits per heavy atom. The zero-order valence-corrected chi connectivity index (χ0v) is 12.0. The van der Waals surface area contributed by atoms with Crippen molar-refractivity contribution in [1.29, 1.82) is 0 Å². The average molecular weight is 341 g/mol. The highest BCUT2D eigenvalue weighted by molar-refractivity contribution is 9.13. The van der Waals surface area contributed by atoms with Crippen LogP contribution in [0.25, 0.3) is 0 Å². The summed E-state index contributed by atoms with van der Waals surface area (Å²) >= 11 is 8.22. The molecule has 0 saturated heterocycles. The summed E-state index contributed by atoms with van der Waals surface area (Å²) in [7, 11) is 0. The Labute approximate surface area is 105 Å². The van der Waals surface area contributed by atoms with E-state index in [0.29, 0.717) is 0 Å². The van der Waals surface area contributed by atoms with E-state index in [-0.39, 0.29) is 5.91 Å². The van der Waals surface area contributed by atoms with Crippen molar-refractivity contribution in [1.82, 2.24) is 4.90 Å². The first-order valence-electron chi connectivity index (χ1n) is 4.33. The lowest BCUT2D eigenvalue weighted by Crippen LogP contribution is -2.29. The van der Waals surface area contributed by atoms with Gasteiger partial charge in [-0.3, -0.25) is 4.79 Å². The first-order valence-corrected chi connectivity index (χ1v) is 6.80. The molecule has 0 aromatic carbocycles. The lowest BCUT2D eigenvalue weighted by Gasteiger charge is -2.17. The van der Waals surface area contributed by atoms with Gasteiger partial charge in [-0.2, -0.15) is 0 Å². The van der Waals surface area contributed by atoms with Crippen LogP contribution in [0, 0.1) is 0 Å². The second-order valence-electron chi connectivity index (χ2n) is 2.70. The summed E-state index contributed by atoms with van der Waals surface area (Å²) in [5.74, 6) is 0.0950. The molecule has 0 radical (unpaired) electrons. The number of amides is 1. The molecule has 1 aromatic heterocycles. The van der Waals surface area contributed by atoms with E-state index in [4.69, 9.17) is 0 Å². The molecule has 0 bridgehead atoms. The minimum absolute atomic E-state index is 0.0950. The molecule has 14 heavy (non-hydrogen) atoms. The maximum absolute atomic E-state index is 11.9. The monoisotopic (exact) mass is 339 g/mol. The molecule has 1 heterocycles. The Kier molecular flexibility index (Phi) is 4.60. The molecule has 0 aliphatic rings. The van der Waals surface area contributed by atoms with Gasteiger partial charge in [-0.15, -0.1) is 11.3 Å². The van der Waals surface area contributed by atoms with Crippen molar-refractivity contribution in [3.8, 4) is 0 Å². The highest BCUT2D eigenvalue weighted by Crippen LogP contribution is 2.33. The maximum Gasteiger partial charge on any atom is 0.265 e. The molecule has 0 spiro atoms. The Balaban J connectivity index is 2.94. The van der Waals surface area contributed by atoms with Gasteiger partial charge < -0.3 is 4.90 Å². The van der Waals surface area contributed by atoms with Gasteiger partial charge in [0.2, 0.25) is 0 Å². The van der Waals surface area contributed by atoms with Crippen LogP contribution in [0.1, 0.15) is 23.5 Å². The Bertz CT molecular complexity index is 334. The molecule has 0 unspecified atom stereocenters. The molecule has 5 heteroatoms. The van der Waals surface area contributed by atoms with E-state index < -0.39 is 0 Å². The minimum Gasteiger partial charge on any atom is -0.338 e. The number of nitrogens with zero attached hydrogens (tertiary/aromatic N) is 1. The van der Waals surface area contributed by atoms with Crippen LogP contribution in [0.5, 0.6) is 0 Å². The normalized spacial score (nSPS) is 10.3. The van der Waals surface area contributed by atoms with Crippen molar-refractivity contribution >= 4 is 49.1 Å². The van der Waals surface area contributed by atoms with Gasteiger partial charge in [-0.05, 0) is 45.7 Å². The van der Waals surface area contributed by atoms with Gasteiger partial charge in [-0.25, -0.2) is 0 Å². The van der Waals surface area contributed by atoms with Crippen LogP contribution in [0.3, 0.4) is 0 Å². The summed E-state index contributed by atoms with van der Waals surface area (Å²) in [5.41, 5.74) is 0. The van der Waals surface area contributed by atoms with Crippen molar-refractivity contribution in [2.75, 3.05) is 13.1 Å². The molecule has 0 fully saturated rings. The molecule has 0 aliphatic carbocycles. The lowest BCUT2D eigenvalue weighted by atomic mass is 10.4. The number of halogens is 2. The molecule has 1 rings (SSSR count). The van der Waals surface area contributed by atoms with Crippen LogP contribution >= 0.6 is 43.2 Å². The topological polar surface area (TPSA) is 20.3 Å². The summed E-state index contributed by atoms with van der Waals surface area (Å²) in [6, 6.07) is 0. The first-order chi connectivity index (χ1) is 6.61. The van der Waals surface area contributed by atoms with E-state index in [9.17, 15) is 4.79 Å². The molecule has 78 valence electrons. The maximum atomic E-state index is 11.9. The molecular formula is C9H11Br2NOS. The minimum atomic E-state index is 0.0950. The van der Waals surface area contributed by atoms with Crippen molar-refractivity contribution in [2.45, 2.75) is 13.8 Å². The summed E-state index contributed by atoms with van der Waals surface area (Å²) in [6.45, 7) is 5.46.